The number of hydrogen-bond donors (Lipinski definition) is 1. The summed E-state index contributed by atoms with van der Waals surface area (Å²) in [5.74, 6) is 1.63. The van der Waals surface area contributed by atoms with E-state index in [0.717, 1.165) is 18.4 Å². The van der Waals surface area contributed by atoms with Crippen LogP contribution in [0.15, 0.2) is 6.07 Å². The van der Waals surface area contributed by atoms with Gasteiger partial charge in [-0.3, -0.25) is 0 Å². The molecule has 0 amide bonds. The van der Waals surface area contributed by atoms with Crippen molar-refractivity contribution in [2.45, 2.75) is 32.6 Å². The molecule has 0 radical (unpaired) electrons. The van der Waals surface area contributed by atoms with Crippen LogP contribution in [0.4, 0.5) is 0 Å². The molecule has 4 heteroatoms. The second-order valence-corrected chi connectivity index (χ2v) is 4.92. The first-order chi connectivity index (χ1) is 8.56. The van der Waals surface area contributed by atoms with Gasteiger partial charge in [0.25, 0.3) is 0 Å². The first-order valence-electron chi connectivity index (χ1n) is 6.20. The van der Waals surface area contributed by atoms with Crippen molar-refractivity contribution in [1.82, 2.24) is 0 Å². The summed E-state index contributed by atoms with van der Waals surface area (Å²) in [4.78, 5) is 0. The number of halogens is 1. The summed E-state index contributed by atoms with van der Waals surface area (Å²) in [6.45, 7) is 4.92. The molecule has 2 N–H and O–H groups in total. The van der Waals surface area contributed by atoms with Gasteiger partial charge in [-0.2, -0.15) is 0 Å². The minimum atomic E-state index is 0.338. The van der Waals surface area contributed by atoms with Crippen molar-refractivity contribution in [3.8, 4) is 11.5 Å². The van der Waals surface area contributed by atoms with Gasteiger partial charge in [-0.15, -0.1) is 0 Å². The Morgan fingerprint density at radius 2 is 1.94 bits per heavy atom. The molecule has 1 aromatic carbocycles. The lowest BCUT2D eigenvalue weighted by Crippen LogP contribution is -2.05. The van der Waals surface area contributed by atoms with Crippen LogP contribution in [-0.4, -0.2) is 20.8 Å². The van der Waals surface area contributed by atoms with Crippen molar-refractivity contribution in [1.29, 1.82) is 0 Å². The van der Waals surface area contributed by atoms with Crippen LogP contribution in [0, 0.1) is 0 Å². The number of benzene rings is 1. The van der Waals surface area contributed by atoms with Crippen molar-refractivity contribution in [3.63, 3.8) is 0 Å². The molecule has 102 valence electrons. The summed E-state index contributed by atoms with van der Waals surface area (Å²) in [7, 11) is 3.23. The molecule has 1 aromatic rings. The van der Waals surface area contributed by atoms with Crippen LogP contribution in [0.3, 0.4) is 0 Å². The molecular weight excluding hydrogens is 250 g/mol. The van der Waals surface area contributed by atoms with Gasteiger partial charge in [0.05, 0.1) is 19.2 Å². The SMILES string of the molecule is COc1cc(CCCN)c(C(C)C)c(Cl)c1OC. The van der Waals surface area contributed by atoms with Gasteiger partial charge in [0.2, 0.25) is 0 Å². The molecule has 1 rings (SSSR count). The quantitative estimate of drug-likeness (QED) is 0.863. The Kier molecular flexibility index (Phi) is 5.76. The Morgan fingerprint density at radius 3 is 2.39 bits per heavy atom. The molecule has 0 heterocycles. The van der Waals surface area contributed by atoms with E-state index in [9.17, 15) is 0 Å². The van der Waals surface area contributed by atoms with Gasteiger partial charge >= 0.3 is 0 Å². The summed E-state index contributed by atoms with van der Waals surface area (Å²) >= 11 is 6.44. The van der Waals surface area contributed by atoms with Crippen LogP contribution in [0.5, 0.6) is 11.5 Å². The predicted octanol–water partition coefficient (Wildman–Crippen LogP) is 3.37. The Hall–Kier alpha value is -0.930. The van der Waals surface area contributed by atoms with Gasteiger partial charge in [0, 0.05) is 0 Å². The van der Waals surface area contributed by atoms with E-state index in [-0.39, 0.29) is 0 Å². The van der Waals surface area contributed by atoms with E-state index in [0.29, 0.717) is 29.0 Å². The fourth-order valence-corrected chi connectivity index (χ4v) is 2.65. The third-order valence-corrected chi connectivity index (χ3v) is 3.34. The maximum Gasteiger partial charge on any atom is 0.179 e. The largest absolute Gasteiger partial charge is 0.493 e. The average molecular weight is 272 g/mol. The summed E-state index contributed by atoms with van der Waals surface area (Å²) in [6, 6.07) is 2.01. The Balaban J connectivity index is 3.34. The highest BCUT2D eigenvalue weighted by Gasteiger charge is 2.19. The van der Waals surface area contributed by atoms with Gasteiger partial charge in [-0.25, -0.2) is 0 Å². The van der Waals surface area contributed by atoms with Crippen LogP contribution in [0.25, 0.3) is 0 Å². The van der Waals surface area contributed by atoms with E-state index in [2.05, 4.69) is 13.8 Å². The number of rotatable bonds is 6. The first kappa shape index (κ1) is 15.1. The van der Waals surface area contributed by atoms with E-state index in [4.69, 9.17) is 26.8 Å². The first-order valence-corrected chi connectivity index (χ1v) is 6.57. The van der Waals surface area contributed by atoms with E-state index in [1.807, 2.05) is 6.07 Å². The maximum absolute atomic E-state index is 6.44. The zero-order chi connectivity index (χ0) is 13.7. The Labute approximate surface area is 114 Å². The van der Waals surface area contributed by atoms with E-state index in [1.54, 1.807) is 14.2 Å². The number of ether oxygens (including phenoxy) is 2. The molecule has 0 unspecified atom stereocenters. The lowest BCUT2D eigenvalue weighted by molar-refractivity contribution is 0.354. The second-order valence-electron chi connectivity index (χ2n) is 4.55. The highest BCUT2D eigenvalue weighted by molar-refractivity contribution is 6.33. The van der Waals surface area contributed by atoms with E-state index in [1.165, 1.54) is 5.56 Å². The van der Waals surface area contributed by atoms with Crippen molar-refractivity contribution in [3.05, 3.63) is 22.2 Å². The number of hydrogen-bond acceptors (Lipinski definition) is 3. The molecule has 0 saturated carbocycles. The molecule has 0 bridgehead atoms. The van der Waals surface area contributed by atoms with Crippen molar-refractivity contribution >= 4 is 11.6 Å². The number of nitrogens with two attached hydrogens (primary N) is 1. The molecule has 0 saturated heterocycles. The molecule has 0 spiro atoms. The van der Waals surface area contributed by atoms with Gasteiger partial charge in [0.1, 0.15) is 0 Å². The van der Waals surface area contributed by atoms with Gasteiger partial charge in [0.15, 0.2) is 11.5 Å². The van der Waals surface area contributed by atoms with Crippen LogP contribution >= 0.6 is 11.6 Å². The zero-order valence-electron chi connectivity index (χ0n) is 11.5. The van der Waals surface area contributed by atoms with Gasteiger partial charge < -0.3 is 15.2 Å². The standard InChI is InChI=1S/C14H22ClNO2/c1-9(2)12-10(6-5-7-16)8-11(17-3)14(18-4)13(12)15/h8-9H,5-7,16H2,1-4H3. The van der Waals surface area contributed by atoms with Gasteiger partial charge in [-0.1, -0.05) is 25.4 Å². The molecule has 0 aliphatic heterocycles. The summed E-state index contributed by atoms with van der Waals surface area (Å²) in [5, 5.41) is 0.652. The van der Waals surface area contributed by atoms with Crippen LogP contribution < -0.4 is 15.2 Å². The van der Waals surface area contributed by atoms with E-state index >= 15 is 0 Å². The average Bonchev–Trinajstić information content (AvgIpc) is 2.34. The van der Waals surface area contributed by atoms with E-state index < -0.39 is 0 Å². The fraction of sp³-hybridized carbons (Fsp3) is 0.571. The van der Waals surface area contributed by atoms with Crippen LogP contribution in [0.1, 0.15) is 37.3 Å². The summed E-state index contributed by atoms with van der Waals surface area (Å²) in [6.07, 6.45) is 1.84. The normalized spacial score (nSPS) is 10.8. The topological polar surface area (TPSA) is 44.5 Å². The van der Waals surface area contributed by atoms with Gasteiger partial charge in [-0.05, 0) is 42.5 Å². The molecular formula is C14H22ClNO2. The summed E-state index contributed by atoms with van der Waals surface area (Å²) < 4.78 is 10.7. The minimum absolute atomic E-state index is 0.338. The van der Waals surface area contributed by atoms with Crippen molar-refractivity contribution < 1.29 is 9.47 Å². The molecule has 0 atom stereocenters. The minimum Gasteiger partial charge on any atom is -0.493 e. The third kappa shape index (κ3) is 3.09. The number of methoxy groups -OCH3 is 2. The summed E-state index contributed by atoms with van der Waals surface area (Å²) in [5.41, 5.74) is 7.90. The van der Waals surface area contributed by atoms with Crippen LogP contribution in [-0.2, 0) is 6.42 Å². The number of aryl methyl sites for hydroxylation is 1. The maximum atomic E-state index is 6.44. The molecule has 3 nitrogen and oxygen atoms in total. The zero-order valence-corrected chi connectivity index (χ0v) is 12.3. The highest BCUT2D eigenvalue weighted by Crippen LogP contribution is 2.42. The Bertz CT molecular complexity index is 405. The predicted molar refractivity (Wildman–Crippen MR) is 76.0 cm³/mol. The monoisotopic (exact) mass is 271 g/mol. The molecule has 0 aliphatic rings. The lowest BCUT2D eigenvalue weighted by Gasteiger charge is -2.19. The fourth-order valence-electron chi connectivity index (χ4n) is 2.14. The Morgan fingerprint density at radius 1 is 1.28 bits per heavy atom. The molecule has 0 aromatic heterocycles. The molecule has 18 heavy (non-hydrogen) atoms. The molecule has 0 aliphatic carbocycles. The van der Waals surface area contributed by atoms with Crippen LogP contribution in [0.2, 0.25) is 5.02 Å². The highest BCUT2D eigenvalue weighted by atomic mass is 35.5. The van der Waals surface area contributed by atoms with Crippen molar-refractivity contribution in [2.75, 3.05) is 20.8 Å². The smallest absolute Gasteiger partial charge is 0.179 e. The second kappa shape index (κ2) is 6.86. The van der Waals surface area contributed by atoms with Crippen molar-refractivity contribution in [2.24, 2.45) is 5.73 Å². The lowest BCUT2D eigenvalue weighted by atomic mass is 9.93. The molecule has 0 fully saturated rings. The third-order valence-electron chi connectivity index (χ3n) is 2.96.